The van der Waals surface area contributed by atoms with Gasteiger partial charge in [-0.25, -0.2) is 0 Å². The van der Waals surface area contributed by atoms with Crippen LogP contribution >= 0.6 is 0 Å². The Bertz CT molecular complexity index is 176. The highest BCUT2D eigenvalue weighted by molar-refractivity contribution is 4.83. The number of hydrogen-bond acceptors (Lipinski definition) is 2. The van der Waals surface area contributed by atoms with Gasteiger partial charge < -0.3 is 4.74 Å². The number of nitrogens with zero attached hydrogens (tertiary/aromatic N) is 1. The maximum atomic E-state index is 5.41. The minimum atomic E-state index is 0.826. The lowest BCUT2D eigenvalue weighted by atomic mass is 9.95. The maximum absolute atomic E-state index is 5.41. The number of rotatable bonds is 2. The van der Waals surface area contributed by atoms with Crippen molar-refractivity contribution in [3.63, 3.8) is 0 Å². The Labute approximate surface area is 101 Å². The van der Waals surface area contributed by atoms with E-state index < -0.39 is 0 Å². The van der Waals surface area contributed by atoms with Crippen LogP contribution in [0, 0.1) is 11.8 Å². The molecule has 0 N–H and O–H groups in total. The largest absolute Gasteiger partial charge is 0.381 e. The summed E-state index contributed by atoms with van der Waals surface area (Å²) in [5.74, 6) is 1.80. The Morgan fingerprint density at radius 2 is 1.69 bits per heavy atom. The summed E-state index contributed by atoms with van der Waals surface area (Å²) in [5.41, 5.74) is 0. The van der Waals surface area contributed by atoms with Crippen molar-refractivity contribution in [2.24, 2.45) is 11.8 Å². The quantitative estimate of drug-likeness (QED) is 0.718. The normalized spacial score (nSPS) is 27.9. The van der Waals surface area contributed by atoms with Crippen LogP contribution in [0.3, 0.4) is 0 Å². The summed E-state index contributed by atoms with van der Waals surface area (Å²) in [6.45, 7) is 13.3. The zero-order chi connectivity index (χ0) is 12.0. The first-order chi connectivity index (χ1) is 7.77. The van der Waals surface area contributed by atoms with E-state index in [4.69, 9.17) is 4.74 Å². The third-order valence-electron chi connectivity index (χ3n) is 3.91. The van der Waals surface area contributed by atoms with Crippen molar-refractivity contribution < 1.29 is 4.74 Å². The summed E-state index contributed by atoms with van der Waals surface area (Å²) < 4.78 is 5.41. The van der Waals surface area contributed by atoms with Crippen LogP contribution in [0.5, 0.6) is 0 Å². The Hall–Kier alpha value is -0.0800. The van der Waals surface area contributed by atoms with Crippen LogP contribution in [-0.2, 0) is 4.74 Å². The van der Waals surface area contributed by atoms with E-state index in [1.54, 1.807) is 0 Å². The lowest BCUT2D eigenvalue weighted by molar-refractivity contribution is 0.0405. The highest BCUT2D eigenvalue weighted by Gasteiger charge is 2.30. The number of hydrogen-bond donors (Lipinski definition) is 0. The van der Waals surface area contributed by atoms with Gasteiger partial charge in [0.2, 0.25) is 0 Å². The molecule has 0 saturated carbocycles. The third kappa shape index (κ3) is 3.74. The fourth-order valence-corrected chi connectivity index (χ4v) is 2.74. The molecule has 0 aromatic carbocycles. The Morgan fingerprint density at radius 3 is 2.19 bits per heavy atom. The second-order valence-electron chi connectivity index (χ2n) is 5.13. The minimum Gasteiger partial charge on any atom is -0.381 e. The molecule has 96 valence electrons. The standard InChI is InChI=1S/C12H23NO.C2H6/c1-10(2)11-3-6-13(9-11)12-4-7-14-8-5-12;1-2/h10-12H,3-9H2,1-2H3;1-2H3. The maximum Gasteiger partial charge on any atom is 0.0480 e. The summed E-state index contributed by atoms with van der Waals surface area (Å²) in [4.78, 5) is 2.70. The smallest absolute Gasteiger partial charge is 0.0480 e. The lowest BCUT2D eigenvalue weighted by Gasteiger charge is -2.31. The fraction of sp³-hybridized carbons (Fsp3) is 1.00. The summed E-state index contributed by atoms with van der Waals surface area (Å²) in [7, 11) is 0. The topological polar surface area (TPSA) is 12.5 Å². The fourth-order valence-electron chi connectivity index (χ4n) is 2.74. The van der Waals surface area contributed by atoms with E-state index in [1.165, 1.54) is 32.4 Å². The molecule has 0 aromatic heterocycles. The molecular weight excluding hydrogens is 198 g/mol. The van der Waals surface area contributed by atoms with Gasteiger partial charge in [-0.2, -0.15) is 0 Å². The van der Waals surface area contributed by atoms with E-state index in [0.717, 1.165) is 31.1 Å². The molecule has 0 aromatic rings. The monoisotopic (exact) mass is 227 g/mol. The molecule has 16 heavy (non-hydrogen) atoms. The van der Waals surface area contributed by atoms with E-state index >= 15 is 0 Å². The molecule has 2 rings (SSSR count). The van der Waals surface area contributed by atoms with E-state index in [2.05, 4.69) is 18.7 Å². The lowest BCUT2D eigenvalue weighted by Crippen LogP contribution is -2.38. The van der Waals surface area contributed by atoms with Crippen LogP contribution in [0.1, 0.15) is 47.0 Å². The van der Waals surface area contributed by atoms with Gasteiger partial charge in [0.15, 0.2) is 0 Å². The molecule has 0 aliphatic carbocycles. The SMILES string of the molecule is CC.CC(C)C1CCN(C2CCOCC2)C1. The van der Waals surface area contributed by atoms with Gasteiger partial charge in [0.25, 0.3) is 0 Å². The highest BCUT2D eigenvalue weighted by atomic mass is 16.5. The van der Waals surface area contributed by atoms with Gasteiger partial charge in [-0.05, 0) is 37.6 Å². The molecular formula is C14H29NO. The van der Waals surface area contributed by atoms with Crippen molar-refractivity contribution in [3.05, 3.63) is 0 Å². The highest BCUT2D eigenvalue weighted by Crippen LogP contribution is 2.27. The molecule has 2 aliphatic rings. The first kappa shape index (κ1) is 14.0. The Balaban J connectivity index is 0.000000606. The van der Waals surface area contributed by atoms with Crippen LogP contribution in [0.15, 0.2) is 0 Å². The predicted molar refractivity (Wildman–Crippen MR) is 69.7 cm³/mol. The molecule has 2 saturated heterocycles. The van der Waals surface area contributed by atoms with Crippen molar-refractivity contribution in [1.29, 1.82) is 0 Å². The first-order valence-electron chi connectivity index (χ1n) is 7.09. The van der Waals surface area contributed by atoms with Crippen LogP contribution in [0.4, 0.5) is 0 Å². The molecule has 0 radical (unpaired) electrons. The zero-order valence-electron chi connectivity index (χ0n) is 11.5. The molecule has 2 aliphatic heterocycles. The summed E-state index contributed by atoms with van der Waals surface area (Å²) in [6.07, 6.45) is 3.92. The van der Waals surface area contributed by atoms with Gasteiger partial charge in [-0.3, -0.25) is 4.90 Å². The van der Waals surface area contributed by atoms with Gasteiger partial charge >= 0.3 is 0 Å². The van der Waals surface area contributed by atoms with Gasteiger partial charge in [0.1, 0.15) is 0 Å². The zero-order valence-corrected chi connectivity index (χ0v) is 11.5. The van der Waals surface area contributed by atoms with Crippen molar-refractivity contribution in [2.45, 2.75) is 53.0 Å². The average molecular weight is 227 g/mol. The summed E-state index contributed by atoms with van der Waals surface area (Å²) in [5, 5.41) is 0. The molecule has 2 heterocycles. The Morgan fingerprint density at radius 1 is 1.06 bits per heavy atom. The van der Waals surface area contributed by atoms with E-state index in [1.807, 2.05) is 13.8 Å². The first-order valence-corrected chi connectivity index (χ1v) is 7.09. The van der Waals surface area contributed by atoms with Crippen LogP contribution < -0.4 is 0 Å². The molecule has 2 heteroatoms. The van der Waals surface area contributed by atoms with Gasteiger partial charge in [0.05, 0.1) is 0 Å². The molecule has 1 unspecified atom stereocenters. The van der Waals surface area contributed by atoms with Crippen molar-refractivity contribution >= 4 is 0 Å². The summed E-state index contributed by atoms with van der Waals surface area (Å²) >= 11 is 0. The Kier molecular flexibility index (Phi) is 6.37. The van der Waals surface area contributed by atoms with Crippen LogP contribution in [-0.4, -0.2) is 37.2 Å². The van der Waals surface area contributed by atoms with E-state index in [-0.39, 0.29) is 0 Å². The molecule has 0 spiro atoms. The minimum absolute atomic E-state index is 0.826. The molecule has 2 nitrogen and oxygen atoms in total. The average Bonchev–Trinajstić information content (AvgIpc) is 2.82. The number of likely N-dealkylation sites (tertiary alicyclic amines) is 1. The molecule has 2 fully saturated rings. The van der Waals surface area contributed by atoms with Crippen molar-refractivity contribution in [1.82, 2.24) is 4.90 Å². The van der Waals surface area contributed by atoms with Crippen molar-refractivity contribution in [3.8, 4) is 0 Å². The van der Waals surface area contributed by atoms with E-state index in [0.29, 0.717) is 0 Å². The second-order valence-corrected chi connectivity index (χ2v) is 5.13. The van der Waals surface area contributed by atoms with E-state index in [9.17, 15) is 0 Å². The van der Waals surface area contributed by atoms with Crippen LogP contribution in [0.25, 0.3) is 0 Å². The summed E-state index contributed by atoms with van der Waals surface area (Å²) in [6, 6.07) is 0.826. The second kappa shape index (κ2) is 7.29. The van der Waals surface area contributed by atoms with Gasteiger partial charge in [-0.1, -0.05) is 27.7 Å². The van der Waals surface area contributed by atoms with Gasteiger partial charge in [0, 0.05) is 25.8 Å². The molecule has 1 atom stereocenters. The third-order valence-corrected chi connectivity index (χ3v) is 3.91. The van der Waals surface area contributed by atoms with Gasteiger partial charge in [-0.15, -0.1) is 0 Å². The van der Waals surface area contributed by atoms with Crippen LogP contribution in [0.2, 0.25) is 0 Å². The van der Waals surface area contributed by atoms with Crippen molar-refractivity contribution in [2.75, 3.05) is 26.3 Å². The predicted octanol–water partition coefficient (Wildman–Crippen LogP) is 3.17. The molecule has 0 bridgehead atoms. The number of ether oxygens (including phenoxy) is 1. The molecule has 0 amide bonds.